The van der Waals surface area contributed by atoms with E-state index < -0.39 is 21.0 Å². The largest absolute Gasteiger partial charge is 0.251 e. The molecule has 6 heteroatoms. The molecule has 0 bridgehead atoms. The summed E-state index contributed by atoms with van der Waals surface area (Å²) >= 11 is 0. The van der Waals surface area contributed by atoms with Crippen LogP contribution in [0.1, 0.15) is 11.1 Å². The van der Waals surface area contributed by atoms with E-state index in [0.29, 0.717) is 5.57 Å². The zero-order valence-electron chi connectivity index (χ0n) is 12.2. The van der Waals surface area contributed by atoms with Gasteiger partial charge in [-0.1, -0.05) is 54.6 Å². The number of nitrogens with one attached hydrogen (secondary N) is 1. The van der Waals surface area contributed by atoms with E-state index in [9.17, 15) is 12.6 Å². The predicted octanol–water partition coefficient (Wildman–Crippen LogP) is 2.65. The number of sulfonamides is 1. The van der Waals surface area contributed by atoms with Crippen molar-refractivity contribution < 1.29 is 12.6 Å². The zero-order valence-corrected chi connectivity index (χ0v) is 13.8. The van der Waals surface area contributed by atoms with E-state index in [1.807, 2.05) is 37.3 Å². The molecule has 0 heterocycles. The minimum Gasteiger partial charge on any atom is -0.242 e. The second-order valence-electron chi connectivity index (χ2n) is 4.86. The second-order valence-corrected chi connectivity index (χ2v) is 7.98. The van der Waals surface area contributed by atoms with E-state index in [2.05, 4.69) is 10.7 Å². The van der Waals surface area contributed by atoms with E-state index in [1.165, 1.54) is 12.1 Å². The highest BCUT2D eigenvalue weighted by molar-refractivity contribution is 8.02. The van der Waals surface area contributed by atoms with Crippen molar-refractivity contribution in [3.8, 4) is 0 Å². The minimum atomic E-state index is -3.80. The molecule has 0 amide bonds. The standard InChI is InChI=1S/C16H17NO3S2/c1-13-8-10-16(11-9-13)22(19,20)17-21(18)12-14(2)15-6-4-3-5-7-15/h3-11,17H,2,12H2,1H3. The molecular weight excluding hydrogens is 318 g/mol. The SMILES string of the molecule is C=C(CS(=O)NS(=O)(=O)c1ccc(C)cc1)c1ccccc1. The lowest BCUT2D eigenvalue weighted by molar-refractivity contribution is 0.593. The van der Waals surface area contributed by atoms with Gasteiger partial charge in [0.05, 0.1) is 10.6 Å². The molecule has 1 atom stereocenters. The quantitative estimate of drug-likeness (QED) is 0.883. The molecule has 0 radical (unpaired) electrons. The molecule has 2 aromatic carbocycles. The maximum atomic E-state index is 12.1. The Hall–Kier alpha value is -1.76. The lowest BCUT2D eigenvalue weighted by Crippen LogP contribution is -2.27. The van der Waals surface area contributed by atoms with Crippen LogP contribution in [0.3, 0.4) is 0 Å². The maximum Gasteiger partial charge on any atom is 0.251 e. The number of hydrogen-bond acceptors (Lipinski definition) is 3. The molecule has 0 aliphatic carbocycles. The molecule has 0 aliphatic rings. The van der Waals surface area contributed by atoms with Crippen molar-refractivity contribution in [2.75, 3.05) is 5.75 Å². The van der Waals surface area contributed by atoms with Crippen molar-refractivity contribution >= 4 is 26.6 Å². The van der Waals surface area contributed by atoms with E-state index in [0.717, 1.165) is 11.1 Å². The first-order valence-electron chi connectivity index (χ1n) is 6.59. The third kappa shape index (κ3) is 4.37. The molecule has 0 aliphatic heterocycles. The Labute approximate surface area is 133 Å². The van der Waals surface area contributed by atoms with Crippen LogP contribution in [-0.2, 0) is 21.0 Å². The summed E-state index contributed by atoms with van der Waals surface area (Å²) < 4.78 is 38.5. The minimum absolute atomic E-state index is 0.0368. The van der Waals surface area contributed by atoms with Gasteiger partial charge in [-0.15, -0.1) is 4.13 Å². The fourth-order valence-electron chi connectivity index (χ4n) is 1.83. The van der Waals surface area contributed by atoms with Gasteiger partial charge in [-0.2, -0.15) is 0 Å². The number of rotatable bonds is 6. The van der Waals surface area contributed by atoms with Crippen LogP contribution >= 0.6 is 0 Å². The first-order chi connectivity index (χ1) is 10.4. The van der Waals surface area contributed by atoms with E-state index in [-0.39, 0.29) is 10.6 Å². The van der Waals surface area contributed by atoms with E-state index in [1.54, 1.807) is 12.1 Å². The van der Waals surface area contributed by atoms with Crippen LogP contribution < -0.4 is 4.13 Å². The smallest absolute Gasteiger partial charge is 0.242 e. The van der Waals surface area contributed by atoms with Crippen molar-refractivity contribution in [1.82, 2.24) is 4.13 Å². The van der Waals surface area contributed by atoms with Crippen LogP contribution in [0.25, 0.3) is 5.57 Å². The van der Waals surface area contributed by atoms with Crippen LogP contribution in [-0.4, -0.2) is 18.4 Å². The van der Waals surface area contributed by atoms with Crippen molar-refractivity contribution in [3.05, 3.63) is 72.3 Å². The highest BCUT2D eigenvalue weighted by Gasteiger charge is 2.17. The van der Waals surface area contributed by atoms with Gasteiger partial charge in [-0.25, -0.2) is 12.6 Å². The Morgan fingerprint density at radius 2 is 1.68 bits per heavy atom. The van der Waals surface area contributed by atoms with Crippen molar-refractivity contribution in [3.63, 3.8) is 0 Å². The van der Waals surface area contributed by atoms with Crippen molar-refractivity contribution in [2.24, 2.45) is 0 Å². The van der Waals surface area contributed by atoms with Gasteiger partial charge in [0, 0.05) is 0 Å². The molecule has 1 unspecified atom stereocenters. The Morgan fingerprint density at radius 3 is 2.27 bits per heavy atom. The Kier molecular flexibility index (Phi) is 5.28. The van der Waals surface area contributed by atoms with Crippen LogP contribution in [0.4, 0.5) is 0 Å². The van der Waals surface area contributed by atoms with Crippen LogP contribution in [0.15, 0.2) is 66.1 Å². The molecule has 116 valence electrons. The molecule has 1 N–H and O–H groups in total. The van der Waals surface area contributed by atoms with Gasteiger partial charge in [0.25, 0.3) is 10.0 Å². The van der Waals surface area contributed by atoms with Gasteiger partial charge in [-0.05, 0) is 30.2 Å². The molecule has 4 nitrogen and oxygen atoms in total. The molecule has 2 aromatic rings. The summed E-state index contributed by atoms with van der Waals surface area (Å²) in [6, 6.07) is 15.6. The third-order valence-electron chi connectivity index (χ3n) is 3.02. The molecule has 2 rings (SSSR count). The molecule has 0 fully saturated rings. The lowest BCUT2D eigenvalue weighted by Gasteiger charge is -2.08. The topological polar surface area (TPSA) is 63.2 Å². The van der Waals surface area contributed by atoms with Crippen molar-refractivity contribution in [2.45, 2.75) is 11.8 Å². The maximum absolute atomic E-state index is 12.1. The number of aryl methyl sites for hydroxylation is 1. The highest BCUT2D eigenvalue weighted by Crippen LogP contribution is 2.14. The molecule has 0 saturated carbocycles. The van der Waals surface area contributed by atoms with E-state index in [4.69, 9.17) is 0 Å². The fourth-order valence-corrected chi connectivity index (χ4v) is 4.41. The van der Waals surface area contributed by atoms with Gasteiger partial charge in [-0.3, -0.25) is 0 Å². The third-order valence-corrected chi connectivity index (χ3v) is 6.15. The highest BCUT2D eigenvalue weighted by atomic mass is 32.3. The number of benzene rings is 2. The monoisotopic (exact) mass is 335 g/mol. The van der Waals surface area contributed by atoms with E-state index >= 15 is 0 Å². The predicted molar refractivity (Wildman–Crippen MR) is 90.0 cm³/mol. The lowest BCUT2D eigenvalue weighted by atomic mass is 10.1. The molecule has 0 aromatic heterocycles. The summed E-state index contributed by atoms with van der Waals surface area (Å²) in [5, 5.41) is 0. The number of hydrogen-bond donors (Lipinski definition) is 1. The second kappa shape index (κ2) is 7.00. The molecule has 0 spiro atoms. The molecular formula is C16H17NO3S2. The normalized spacial score (nSPS) is 12.8. The fraction of sp³-hybridized carbons (Fsp3) is 0.125. The van der Waals surface area contributed by atoms with Crippen LogP contribution in [0.2, 0.25) is 0 Å². The van der Waals surface area contributed by atoms with Gasteiger partial charge in [0.1, 0.15) is 11.0 Å². The van der Waals surface area contributed by atoms with Crippen molar-refractivity contribution in [1.29, 1.82) is 0 Å². The van der Waals surface area contributed by atoms with Gasteiger partial charge in [0.2, 0.25) is 0 Å². The Balaban J connectivity index is 2.05. The summed E-state index contributed by atoms with van der Waals surface area (Å²) in [6.07, 6.45) is 0. The average Bonchev–Trinajstić information content (AvgIpc) is 2.48. The summed E-state index contributed by atoms with van der Waals surface area (Å²) in [6.45, 7) is 5.72. The first-order valence-corrected chi connectivity index (χ1v) is 9.39. The zero-order chi connectivity index (χ0) is 16.2. The summed E-state index contributed by atoms with van der Waals surface area (Å²) in [7, 11) is -5.56. The van der Waals surface area contributed by atoms with Gasteiger partial charge < -0.3 is 0 Å². The van der Waals surface area contributed by atoms with Gasteiger partial charge >= 0.3 is 0 Å². The Bertz CT molecular complexity index is 782. The van der Waals surface area contributed by atoms with Crippen LogP contribution in [0.5, 0.6) is 0 Å². The average molecular weight is 335 g/mol. The first kappa shape index (κ1) is 16.6. The molecule has 0 saturated heterocycles. The van der Waals surface area contributed by atoms with Gasteiger partial charge in [0.15, 0.2) is 0 Å². The summed E-state index contributed by atoms with van der Waals surface area (Å²) in [5.74, 6) is 0.0368. The summed E-state index contributed by atoms with van der Waals surface area (Å²) in [5.41, 5.74) is 2.41. The summed E-state index contributed by atoms with van der Waals surface area (Å²) in [4.78, 5) is 0.0942. The molecule has 22 heavy (non-hydrogen) atoms. The Morgan fingerprint density at radius 1 is 1.09 bits per heavy atom. The van der Waals surface area contributed by atoms with Crippen LogP contribution in [0, 0.1) is 6.92 Å².